The molecule has 0 saturated carbocycles. The highest BCUT2D eigenvalue weighted by molar-refractivity contribution is 7.53. The fourth-order valence-electron chi connectivity index (χ4n) is 3.11. The molecule has 1 aromatic carbocycles. The minimum atomic E-state index is -3.75. The second-order valence-corrected chi connectivity index (χ2v) is 9.40. The Bertz CT molecular complexity index is 1380. The van der Waals surface area contributed by atoms with Gasteiger partial charge >= 0.3 is 7.60 Å². The van der Waals surface area contributed by atoms with Crippen LogP contribution in [0.25, 0.3) is 11.2 Å². The van der Waals surface area contributed by atoms with Crippen LogP contribution in [0.15, 0.2) is 51.9 Å². The molecule has 0 aliphatic heterocycles. The van der Waals surface area contributed by atoms with Gasteiger partial charge in [-0.2, -0.15) is 4.98 Å². The average Bonchev–Trinajstić information content (AvgIpc) is 3.40. The molecule has 0 aliphatic carbocycles. The number of nitrogens with one attached hydrogen (secondary N) is 1. The van der Waals surface area contributed by atoms with Crippen LogP contribution in [0, 0.1) is 12.7 Å². The van der Waals surface area contributed by atoms with E-state index in [9.17, 15) is 13.8 Å². The molecule has 4 aromatic rings. The molecule has 0 amide bonds. The minimum absolute atomic E-state index is 0.0306. The lowest BCUT2D eigenvalue weighted by molar-refractivity contribution is 0.114. The molecule has 34 heavy (non-hydrogen) atoms. The molecule has 13 heteroatoms. The predicted octanol–water partition coefficient (Wildman–Crippen LogP) is 3.34. The Hall–Kier alpha value is -3.31. The number of ether oxygens (including phenoxy) is 1. The maximum absolute atomic E-state index is 13.5. The van der Waals surface area contributed by atoms with E-state index in [0.717, 1.165) is 0 Å². The second kappa shape index (κ2) is 10.3. The summed E-state index contributed by atoms with van der Waals surface area (Å²) in [7, 11) is -3.75. The first-order valence-corrected chi connectivity index (χ1v) is 12.0. The number of aromatic amines is 1. The van der Waals surface area contributed by atoms with Gasteiger partial charge in [0.15, 0.2) is 11.2 Å². The Balaban J connectivity index is 1.39. The number of rotatable bonds is 11. The summed E-state index contributed by atoms with van der Waals surface area (Å²) in [5.74, 6) is 0.702. The van der Waals surface area contributed by atoms with Gasteiger partial charge < -0.3 is 24.0 Å². The number of benzene rings is 1. The predicted molar refractivity (Wildman–Crippen MR) is 120 cm³/mol. The first kappa shape index (κ1) is 23.8. The van der Waals surface area contributed by atoms with Crippen LogP contribution in [-0.2, 0) is 38.1 Å². The Kier molecular flexibility index (Phi) is 7.23. The van der Waals surface area contributed by atoms with E-state index in [0.29, 0.717) is 22.7 Å². The summed E-state index contributed by atoms with van der Waals surface area (Å²) in [4.78, 5) is 22.4. The largest absolute Gasteiger partial charge is 0.464 e. The number of halogens is 1. The first-order valence-electron chi connectivity index (χ1n) is 10.3. The molecule has 3 heterocycles. The number of H-pyrrole nitrogens is 1. The van der Waals surface area contributed by atoms with Crippen molar-refractivity contribution >= 4 is 24.7 Å². The fourth-order valence-corrected chi connectivity index (χ4v) is 4.36. The molecule has 180 valence electrons. The Labute approximate surface area is 193 Å². The summed E-state index contributed by atoms with van der Waals surface area (Å²) in [5, 5.41) is 0. The lowest BCUT2D eigenvalue weighted by atomic mass is 10.2. The van der Waals surface area contributed by atoms with Gasteiger partial charge in [-0.1, -0.05) is 12.1 Å². The first-order chi connectivity index (χ1) is 16.3. The maximum Gasteiger partial charge on any atom is 0.356 e. The number of aromatic nitrogens is 4. The minimum Gasteiger partial charge on any atom is -0.464 e. The van der Waals surface area contributed by atoms with Gasteiger partial charge in [0.1, 0.15) is 30.3 Å². The van der Waals surface area contributed by atoms with Gasteiger partial charge in [-0.3, -0.25) is 18.9 Å². The van der Waals surface area contributed by atoms with E-state index in [2.05, 4.69) is 15.0 Å². The van der Waals surface area contributed by atoms with Gasteiger partial charge in [-0.05, 0) is 36.8 Å². The van der Waals surface area contributed by atoms with Crippen molar-refractivity contribution in [3.8, 4) is 0 Å². The van der Waals surface area contributed by atoms with Gasteiger partial charge in [0.2, 0.25) is 5.95 Å². The van der Waals surface area contributed by atoms with Gasteiger partial charge in [0.25, 0.3) is 5.56 Å². The monoisotopic (exact) mass is 491 g/mol. The quantitative estimate of drug-likeness (QED) is 0.238. The number of nitrogens with zero attached hydrogens (tertiary/aromatic N) is 3. The summed E-state index contributed by atoms with van der Waals surface area (Å²) in [6.45, 7) is 1.91. The lowest BCUT2D eigenvalue weighted by Gasteiger charge is -2.18. The Morgan fingerprint density at radius 3 is 2.82 bits per heavy atom. The van der Waals surface area contributed by atoms with Gasteiger partial charge in [-0.15, -0.1) is 0 Å². The maximum atomic E-state index is 13.5. The van der Waals surface area contributed by atoms with Crippen molar-refractivity contribution in [2.75, 3.05) is 18.7 Å². The molecule has 0 aliphatic rings. The SMILES string of the molecule is Cc1ccc(COP(=O)(COCCn2cnc3c(=O)[nH]c(N)nc32)OCc2cccc(F)c2)o1. The number of hydrogen-bond acceptors (Lipinski definition) is 9. The molecule has 1 atom stereocenters. The molecule has 3 aromatic heterocycles. The Morgan fingerprint density at radius 2 is 2.06 bits per heavy atom. The van der Waals surface area contributed by atoms with Gasteiger partial charge in [-0.25, -0.2) is 9.37 Å². The third kappa shape index (κ3) is 5.97. The standard InChI is InChI=1S/C21H23FN5O6P/c1-14-5-6-17(33-14)11-32-34(29,31-10-15-3-2-4-16(22)9-15)13-30-8-7-27-12-24-18-19(27)25-21(23)26-20(18)28/h2-6,9,12H,7-8,10-11,13H2,1H3,(H3,23,25,26,28). The zero-order chi connectivity index (χ0) is 24.1. The van der Waals surface area contributed by atoms with E-state index in [1.54, 1.807) is 29.7 Å². The number of aryl methyl sites for hydroxylation is 1. The van der Waals surface area contributed by atoms with Crippen LogP contribution in [0.3, 0.4) is 0 Å². The number of hydrogen-bond donors (Lipinski definition) is 2. The van der Waals surface area contributed by atoms with Crippen LogP contribution in [0.4, 0.5) is 10.3 Å². The van der Waals surface area contributed by atoms with Gasteiger partial charge in [0.05, 0.1) is 19.5 Å². The highest BCUT2D eigenvalue weighted by Gasteiger charge is 2.26. The molecule has 11 nitrogen and oxygen atoms in total. The average molecular weight is 491 g/mol. The number of fused-ring (bicyclic) bond motifs is 1. The zero-order valence-corrected chi connectivity index (χ0v) is 19.2. The molecule has 0 saturated heterocycles. The summed E-state index contributed by atoms with van der Waals surface area (Å²) in [6, 6.07) is 9.23. The zero-order valence-electron chi connectivity index (χ0n) is 18.3. The fraction of sp³-hybridized carbons (Fsp3) is 0.286. The highest BCUT2D eigenvalue weighted by atomic mass is 31.2. The number of furan rings is 1. The number of anilines is 1. The molecule has 0 radical (unpaired) electrons. The lowest BCUT2D eigenvalue weighted by Crippen LogP contribution is -2.13. The van der Waals surface area contributed by atoms with E-state index in [1.165, 1.54) is 24.5 Å². The van der Waals surface area contributed by atoms with Crippen molar-refractivity contribution in [1.82, 2.24) is 19.5 Å². The summed E-state index contributed by atoms with van der Waals surface area (Å²) >= 11 is 0. The molecular formula is C21H23FN5O6P. The summed E-state index contributed by atoms with van der Waals surface area (Å²) in [5.41, 5.74) is 6.10. The third-order valence-electron chi connectivity index (χ3n) is 4.74. The smallest absolute Gasteiger partial charge is 0.356 e. The van der Waals surface area contributed by atoms with Crippen LogP contribution < -0.4 is 11.3 Å². The summed E-state index contributed by atoms with van der Waals surface area (Å²) in [6.07, 6.45) is 1.08. The molecular weight excluding hydrogens is 468 g/mol. The molecule has 0 spiro atoms. The van der Waals surface area contributed by atoms with Crippen molar-refractivity contribution in [1.29, 1.82) is 0 Å². The van der Waals surface area contributed by atoms with Gasteiger partial charge in [0, 0.05) is 6.54 Å². The van der Waals surface area contributed by atoms with Crippen molar-refractivity contribution < 1.29 is 27.2 Å². The number of imidazole rings is 1. The normalized spacial score (nSPS) is 13.4. The highest BCUT2D eigenvalue weighted by Crippen LogP contribution is 2.49. The van der Waals surface area contributed by atoms with Crippen LogP contribution >= 0.6 is 7.60 Å². The van der Waals surface area contributed by atoms with E-state index in [4.69, 9.17) is 23.9 Å². The molecule has 0 fully saturated rings. The molecule has 3 N–H and O–H groups in total. The van der Waals surface area contributed by atoms with Crippen LogP contribution in [-0.4, -0.2) is 32.5 Å². The molecule has 4 rings (SSSR count). The van der Waals surface area contributed by atoms with E-state index in [-0.39, 0.29) is 44.2 Å². The topological polar surface area (TPSA) is 147 Å². The van der Waals surface area contributed by atoms with Crippen molar-refractivity contribution in [2.24, 2.45) is 0 Å². The molecule has 1 unspecified atom stereocenters. The van der Waals surface area contributed by atoms with Crippen molar-refractivity contribution in [3.63, 3.8) is 0 Å². The van der Waals surface area contributed by atoms with Crippen molar-refractivity contribution in [3.05, 3.63) is 76.0 Å². The van der Waals surface area contributed by atoms with E-state index >= 15 is 0 Å². The van der Waals surface area contributed by atoms with E-state index < -0.39 is 19.0 Å². The molecule has 0 bridgehead atoms. The van der Waals surface area contributed by atoms with Crippen molar-refractivity contribution in [2.45, 2.75) is 26.7 Å². The third-order valence-corrected chi connectivity index (χ3v) is 6.28. The number of nitrogens with two attached hydrogens (primary N) is 1. The van der Waals surface area contributed by atoms with Crippen LogP contribution in [0.1, 0.15) is 17.1 Å². The van der Waals surface area contributed by atoms with Crippen LogP contribution in [0.2, 0.25) is 0 Å². The second-order valence-electron chi connectivity index (χ2n) is 7.40. The van der Waals surface area contributed by atoms with E-state index in [1.807, 2.05) is 0 Å². The Morgan fingerprint density at radius 1 is 1.24 bits per heavy atom. The number of nitrogen functional groups attached to an aromatic ring is 1. The summed E-state index contributed by atoms with van der Waals surface area (Å²) < 4.78 is 50.5. The van der Waals surface area contributed by atoms with Crippen LogP contribution in [0.5, 0.6) is 0 Å².